The zero-order chi connectivity index (χ0) is 27.5. The number of esters is 1. The van der Waals surface area contributed by atoms with Crippen LogP contribution in [-0.4, -0.2) is 30.2 Å². The number of anilines is 2. The Balaban J connectivity index is 1.37. The van der Waals surface area contributed by atoms with E-state index in [-0.39, 0.29) is 71.6 Å². The summed E-state index contributed by atoms with van der Waals surface area (Å²) >= 11 is 36.8. The summed E-state index contributed by atoms with van der Waals surface area (Å²) in [6, 6.07) is 10.6. The Hall–Kier alpha value is -2.52. The van der Waals surface area contributed by atoms with Gasteiger partial charge in [0.25, 0.3) is 11.8 Å². The van der Waals surface area contributed by atoms with Crippen molar-refractivity contribution in [3.05, 3.63) is 83.7 Å². The first-order valence-corrected chi connectivity index (χ1v) is 13.1. The summed E-state index contributed by atoms with van der Waals surface area (Å²) in [6.07, 6.45) is -0.0989. The number of carbonyl (C=O) groups excluding carboxylic acids is 4. The van der Waals surface area contributed by atoms with Crippen molar-refractivity contribution in [2.75, 3.05) is 16.3 Å². The van der Waals surface area contributed by atoms with Gasteiger partial charge in [-0.05, 0) is 24.3 Å². The fourth-order valence-corrected chi connectivity index (χ4v) is 5.68. The minimum Gasteiger partial charge on any atom is -0.426 e. The Morgan fingerprint density at radius 1 is 0.789 bits per heavy atom. The minimum atomic E-state index is -0.789. The van der Waals surface area contributed by atoms with Crippen LogP contribution in [0.5, 0.6) is 5.75 Å². The van der Waals surface area contributed by atoms with Gasteiger partial charge in [0.1, 0.15) is 5.75 Å². The van der Waals surface area contributed by atoms with Crippen molar-refractivity contribution in [1.82, 2.24) is 0 Å². The third kappa shape index (κ3) is 4.41. The van der Waals surface area contributed by atoms with Gasteiger partial charge in [-0.1, -0.05) is 81.7 Å². The molecule has 194 valence electrons. The number of imide groups is 1. The lowest BCUT2D eigenvalue weighted by atomic mass is 10.1. The molecule has 3 amide bonds. The van der Waals surface area contributed by atoms with Gasteiger partial charge >= 0.3 is 5.97 Å². The van der Waals surface area contributed by atoms with Gasteiger partial charge in [0.05, 0.1) is 58.6 Å². The molecule has 13 heteroatoms. The number of carbonyl (C=O) groups is 4. The summed E-state index contributed by atoms with van der Waals surface area (Å²) in [6.45, 7) is 0.0361. The second-order valence-electron chi connectivity index (χ2n) is 8.35. The maximum atomic E-state index is 13.1. The molecule has 1 atom stereocenters. The number of nitrogens with zero attached hydrogens (tertiary/aromatic N) is 2. The van der Waals surface area contributed by atoms with Crippen LogP contribution >= 0.6 is 69.6 Å². The zero-order valence-electron chi connectivity index (χ0n) is 18.7. The molecule has 0 aromatic heterocycles. The molecule has 0 bridgehead atoms. The van der Waals surface area contributed by atoms with Crippen LogP contribution in [0, 0.1) is 5.92 Å². The number of amides is 3. The predicted octanol–water partition coefficient (Wildman–Crippen LogP) is 7.37. The highest BCUT2D eigenvalue weighted by molar-refractivity contribution is 6.56. The van der Waals surface area contributed by atoms with Crippen molar-refractivity contribution in [3.8, 4) is 5.75 Å². The van der Waals surface area contributed by atoms with Gasteiger partial charge in [0.2, 0.25) is 5.91 Å². The van der Waals surface area contributed by atoms with Crippen molar-refractivity contribution >= 4 is 105 Å². The summed E-state index contributed by atoms with van der Waals surface area (Å²) in [5.41, 5.74) is 0.130. The molecule has 2 aliphatic heterocycles. The van der Waals surface area contributed by atoms with E-state index in [4.69, 9.17) is 74.3 Å². The van der Waals surface area contributed by atoms with Gasteiger partial charge in [0.15, 0.2) is 0 Å². The monoisotopic (exact) mass is 630 g/mol. The third-order valence-electron chi connectivity index (χ3n) is 6.08. The van der Waals surface area contributed by atoms with Crippen LogP contribution in [0.25, 0.3) is 0 Å². The van der Waals surface area contributed by atoms with Crippen LogP contribution in [0.15, 0.2) is 42.5 Å². The quantitative estimate of drug-likeness (QED) is 0.0986. The molecule has 7 nitrogen and oxygen atoms in total. The smallest absolute Gasteiger partial charge is 0.316 e. The van der Waals surface area contributed by atoms with Crippen LogP contribution in [0.4, 0.5) is 11.4 Å². The van der Waals surface area contributed by atoms with E-state index in [2.05, 4.69) is 0 Å². The fraction of sp³-hybridized carbons (Fsp3) is 0.120. The summed E-state index contributed by atoms with van der Waals surface area (Å²) < 4.78 is 5.50. The van der Waals surface area contributed by atoms with E-state index in [0.29, 0.717) is 5.69 Å². The molecule has 3 aromatic carbocycles. The molecule has 0 saturated carbocycles. The molecule has 0 aliphatic carbocycles. The maximum absolute atomic E-state index is 13.1. The molecule has 38 heavy (non-hydrogen) atoms. The van der Waals surface area contributed by atoms with Gasteiger partial charge in [-0.2, -0.15) is 0 Å². The van der Waals surface area contributed by atoms with Crippen LogP contribution < -0.4 is 14.5 Å². The van der Waals surface area contributed by atoms with Gasteiger partial charge in [-0.15, -0.1) is 0 Å². The van der Waals surface area contributed by atoms with Crippen LogP contribution in [0.2, 0.25) is 30.1 Å². The second kappa shape index (κ2) is 10.2. The largest absolute Gasteiger partial charge is 0.426 e. The van der Waals surface area contributed by atoms with Crippen LogP contribution in [0.3, 0.4) is 0 Å². The van der Waals surface area contributed by atoms with E-state index in [1.807, 2.05) is 0 Å². The summed E-state index contributed by atoms with van der Waals surface area (Å²) in [5, 5.41) is -0.221. The predicted molar refractivity (Wildman–Crippen MR) is 147 cm³/mol. The SMILES string of the molecule is O=C(Oc1cccc(N2C(=O)c3c(Cl)c(Cl)c(Cl)c(Cl)c3C2=O)c1)[C@@H]1CC(=O)N(c2cccc(Cl)c2Cl)C1. The molecular formula is C25H12Cl6N2O5. The summed E-state index contributed by atoms with van der Waals surface area (Å²) in [4.78, 5) is 54.0. The van der Waals surface area contributed by atoms with E-state index in [1.165, 1.54) is 29.2 Å². The third-order valence-corrected chi connectivity index (χ3v) is 8.69. The Morgan fingerprint density at radius 2 is 1.39 bits per heavy atom. The van der Waals surface area contributed by atoms with Crippen molar-refractivity contribution in [2.45, 2.75) is 6.42 Å². The maximum Gasteiger partial charge on any atom is 0.316 e. The normalized spacial score (nSPS) is 16.9. The van der Waals surface area contributed by atoms with Crippen molar-refractivity contribution < 1.29 is 23.9 Å². The molecule has 1 saturated heterocycles. The van der Waals surface area contributed by atoms with Gasteiger partial charge in [0, 0.05) is 19.0 Å². The number of benzene rings is 3. The van der Waals surface area contributed by atoms with Gasteiger partial charge in [-0.25, -0.2) is 4.90 Å². The lowest BCUT2D eigenvalue weighted by molar-refractivity contribution is -0.139. The Kier molecular flexibility index (Phi) is 7.28. The highest BCUT2D eigenvalue weighted by Gasteiger charge is 2.43. The number of hydrogen-bond donors (Lipinski definition) is 0. The molecule has 0 N–H and O–H groups in total. The average molecular weight is 633 g/mol. The molecule has 1 fully saturated rings. The van der Waals surface area contributed by atoms with E-state index in [0.717, 1.165) is 4.90 Å². The second-order valence-corrected chi connectivity index (χ2v) is 10.6. The molecule has 5 rings (SSSR count). The molecule has 0 spiro atoms. The first kappa shape index (κ1) is 27.1. The number of rotatable bonds is 4. The van der Waals surface area contributed by atoms with Gasteiger partial charge in [-0.3, -0.25) is 19.2 Å². The molecular weight excluding hydrogens is 621 g/mol. The molecule has 2 heterocycles. The highest BCUT2D eigenvalue weighted by Crippen LogP contribution is 2.46. The average Bonchev–Trinajstić information content (AvgIpc) is 3.40. The molecule has 0 radical (unpaired) electrons. The fourth-order valence-electron chi connectivity index (χ4n) is 4.27. The lowest BCUT2D eigenvalue weighted by Crippen LogP contribution is -2.29. The zero-order valence-corrected chi connectivity index (χ0v) is 23.3. The highest BCUT2D eigenvalue weighted by atomic mass is 35.5. The van der Waals surface area contributed by atoms with E-state index >= 15 is 0 Å². The molecule has 2 aliphatic rings. The van der Waals surface area contributed by atoms with E-state index in [1.54, 1.807) is 18.2 Å². The topological polar surface area (TPSA) is 84.0 Å². The number of hydrogen-bond acceptors (Lipinski definition) is 5. The van der Waals surface area contributed by atoms with Crippen LogP contribution in [0.1, 0.15) is 27.1 Å². The number of ether oxygens (including phenoxy) is 1. The minimum absolute atomic E-state index is 0.0361. The first-order chi connectivity index (χ1) is 18.0. The lowest BCUT2D eigenvalue weighted by Gasteiger charge is -2.18. The van der Waals surface area contributed by atoms with Crippen molar-refractivity contribution in [2.24, 2.45) is 5.92 Å². The summed E-state index contributed by atoms with van der Waals surface area (Å²) in [7, 11) is 0. The molecule has 3 aromatic rings. The van der Waals surface area contributed by atoms with E-state index in [9.17, 15) is 19.2 Å². The van der Waals surface area contributed by atoms with Crippen molar-refractivity contribution in [3.63, 3.8) is 0 Å². The van der Waals surface area contributed by atoms with Crippen molar-refractivity contribution in [1.29, 1.82) is 0 Å². The van der Waals surface area contributed by atoms with E-state index < -0.39 is 23.7 Å². The Bertz CT molecular complexity index is 1530. The first-order valence-electron chi connectivity index (χ1n) is 10.8. The Morgan fingerprint density at radius 3 is 2.03 bits per heavy atom. The summed E-state index contributed by atoms with van der Waals surface area (Å²) in [5.74, 6) is -3.28. The van der Waals surface area contributed by atoms with Crippen LogP contribution in [-0.2, 0) is 9.59 Å². The Labute approximate surface area is 245 Å². The standard InChI is InChI=1S/C25H12Cl6N2O5/c26-13-5-2-6-14(18(13)27)32-9-10(7-15(32)34)25(37)38-12-4-1-3-11(8-12)33-23(35)16-17(24(33)36)20(29)22(31)21(30)19(16)28/h1-6,8,10H,7,9H2/t10-/m1/s1. The molecule has 0 unspecified atom stereocenters. The van der Waals surface area contributed by atoms with Gasteiger partial charge < -0.3 is 9.64 Å². The number of halogens is 6. The number of fused-ring (bicyclic) bond motifs is 1.